The zero-order valence-corrected chi connectivity index (χ0v) is 9.75. The van der Waals surface area contributed by atoms with Crippen molar-refractivity contribution in [3.8, 4) is 5.75 Å². The molecule has 0 aliphatic rings. The Morgan fingerprint density at radius 2 is 2.17 bits per heavy atom. The first-order valence-corrected chi connectivity index (χ1v) is 5.26. The van der Waals surface area contributed by atoms with Gasteiger partial charge in [0, 0.05) is 6.08 Å². The molecule has 2 rings (SSSR count). The number of anilines is 1. The molecule has 1 heterocycles. The fraction of sp³-hybridized carbons (Fsp3) is 0.0833. The zero-order valence-electron chi connectivity index (χ0n) is 9.75. The Bertz CT molecular complexity index is 532. The lowest BCUT2D eigenvalue weighted by Crippen LogP contribution is -2.08. The Morgan fingerprint density at radius 3 is 2.78 bits per heavy atom. The number of benzene rings is 1. The van der Waals surface area contributed by atoms with E-state index in [9.17, 15) is 4.79 Å². The molecule has 0 aliphatic heterocycles. The van der Waals surface area contributed by atoms with E-state index in [2.05, 4.69) is 20.5 Å². The average molecular weight is 244 g/mol. The quantitative estimate of drug-likeness (QED) is 0.798. The molecule has 6 heteroatoms. The number of aromatic amines is 1. The molecule has 18 heavy (non-hydrogen) atoms. The minimum Gasteiger partial charge on any atom is -0.497 e. The van der Waals surface area contributed by atoms with Crippen LogP contribution in [0.25, 0.3) is 6.08 Å². The lowest BCUT2D eigenvalue weighted by Gasteiger charge is -1.99. The molecular formula is C12H12N4O2. The topological polar surface area (TPSA) is 79.9 Å². The second-order valence-corrected chi connectivity index (χ2v) is 3.43. The number of aromatic nitrogens is 3. The van der Waals surface area contributed by atoms with Crippen LogP contribution in [-0.2, 0) is 4.79 Å². The molecule has 0 unspecified atom stereocenters. The van der Waals surface area contributed by atoms with E-state index in [1.165, 1.54) is 12.4 Å². The van der Waals surface area contributed by atoms with E-state index in [1.54, 1.807) is 13.2 Å². The van der Waals surface area contributed by atoms with Crippen molar-refractivity contribution < 1.29 is 9.53 Å². The van der Waals surface area contributed by atoms with Gasteiger partial charge in [0.15, 0.2) is 0 Å². The summed E-state index contributed by atoms with van der Waals surface area (Å²) in [6.45, 7) is 0. The summed E-state index contributed by atoms with van der Waals surface area (Å²) in [5.41, 5.74) is 0.906. The number of H-pyrrole nitrogens is 1. The SMILES string of the molecule is COc1ccc(C=CC(=O)Nc2ncn[nH]2)cc1. The van der Waals surface area contributed by atoms with Gasteiger partial charge in [0.25, 0.3) is 5.91 Å². The predicted molar refractivity (Wildman–Crippen MR) is 67.0 cm³/mol. The minimum absolute atomic E-state index is 0.275. The third kappa shape index (κ3) is 3.18. The molecule has 0 fully saturated rings. The molecule has 0 bridgehead atoms. The molecule has 92 valence electrons. The summed E-state index contributed by atoms with van der Waals surface area (Å²) in [6, 6.07) is 7.37. The summed E-state index contributed by atoms with van der Waals surface area (Å²) < 4.78 is 5.04. The number of nitrogens with one attached hydrogen (secondary N) is 2. The van der Waals surface area contributed by atoms with Crippen LogP contribution in [0.3, 0.4) is 0 Å². The molecule has 0 aliphatic carbocycles. The number of nitrogens with zero attached hydrogens (tertiary/aromatic N) is 2. The maximum Gasteiger partial charge on any atom is 0.250 e. The molecular weight excluding hydrogens is 232 g/mol. The van der Waals surface area contributed by atoms with Gasteiger partial charge in [-0.3, -0.25) is 10.1 Å². The number of carbonyl (C=O) groups is 1. The third-order valence-corrected chi connectivity index (χ3v) is 2.20. The average Bonchev–Trinajstić information content (AvgIpc) is 2.90. The first kappa shape index (κ1) is 11.8. The number of methoxy groups -OCH3 is 1. The first-order chi connectivity index (χ1) is 8.78. The van der Waals surface area contributed by atoms with Crippen LogP contribution in [0.5, 0.6) is 5.75 Å². The van der Waals surface area contributed by atoms with Gasteiger partial charge >= 0.3 is 0 Å². The fourth-order valence-corrected chi connectivity index (χ4v) is 1.31. The monoisotopic (exact) mass is 244 g/mol. The summed E-state index contributed by atoms with van der Waals surface area (Å²) >= 11 is 0. The van der Waals surface area contributed by atoms with Gasteiger partial charge in [-0.1, -0.05) is 12.1 Å². The minimum atomic E-state index is -0.275. The van der Waals surface area contributed by atoms with E-state index in [1.807, 2.05) is 24.3 Å². The first-order valence-electron chi connectivity index (χ1n) is 5.26. The van der Waals surface area contributed by atoms with E-state index >= 15 is 0 Å². The van der Waals surface area contributed by atoms with E-state index in [0.717, 1.165) is 11.3 Å². The molecule has 1 aromatic heterocycles. The Labute approximate surface area is 104 Å². The fourth-order valence-electron chi connectivity index (χ4n) is 1.31. The molecule has 2 aromatic rings. The lowest BCUT2D eigenvalue weighted by molar-refractivity contribution is -0.111. The van der Waals surface area contributed by atoms with Gasteiger partial charge in [-0.15, -0.1) is 0 Å². The van der Waals surface area contributed by atoms with E-state index < -0.39 is 0 Å². The maximum absolute atomic E-state index is 11.5. The molecule has 6 nitrogen and oxygen atoms in total. The van der Waals surface area contributed by atoms with Crippen LogP contribution in [0.1, 0.15) is 5.56 Å². The summed E-state index contributed by atoms with van der Waals surface area (Å²) in [6.07, 6.45) is 4.44. The van der Waals surface area contributed by atoms with Gasteiger partial charge in [0.1, 0.15) is 12.1 Å². The molecule has 1 aromatic carbocycles. The number of amides is 1. The van der Waals surface area contributed by atoms with Crippen LogP contribution < -0.4 is 10.1 Å². The highest BCUT2D eigenvalue weighted by atomic mass is 16.5. The van der Waals surface area contributed by atoms with Crippen molar-refractivity contribution in [3.63, 3.8) is 0 Å². The van der Waals surface area contributed by atoms with Gasteiger partial charge < -0.3 is 4.74 Å². The standard InChI is InChI=1S/C12H12N4O2/c1-18-10-5-2-9(3-6-10)4-7-11(17)15-12-13-8-14-16-12/h2-8H,1H3,(H2,13,14,15,16,17). The Hall–Kier alpha value is -2.63. The van der Waals surface area contributed by atoms with Crippen molar-refractivity contribution in [1.29, 1.82) is 0 Å². The van der Waals surface area contributed by atoms with Crippen molar-refractivity contribution in [2.75, 3.05) is 12.4 Å². The highest BCUT2D eigenvalue weighted by Crippen LogP contribution is 2.12. The van der Waals surface area contributed by atoms with Crippen LogP contribution in [0, 0.1) is 0 Å². The Morgan fingerprint density at radius 1 is 1.39 bits per heavy atom. The smallest absolute Gasteiger partial charge is 0.250 e. The van der Waals surface area contributed by atoms with Gasteiger partial charge in [0.05, 0.1) is 7.11 Å². The Balaban J connectivity index is 1.95. The highest BCUT2D eigenvalue weighted by Gasteiger charge is 1.99. The van der Waals surface area contributed by atoms with Crippen molar-refractivity contribution in [2.45, 2.75) is 0 Å². The third-order valence-electron chi connectivity index (χ3n) is 2.20. The van der Waals surface area contributed by atoms with Crippen LogP contribution in [0.2, 0.25) is 0 Å². The molecule has 0 saturated heterocycles. The molecule has 1 amide bonds. The second-order valence-electron chi connectivity index (χ2n) is 3.43. The number of hydrogen-bond donors (Lipinski definition) is 2. The second kappa shape index (κ2) is 5.62. The number of ether oxygens (including phenoxy) is 1. The van der Waals surface area contributed by atoms with Crippen molar-refractivity contribution in [3.05, 3.63) is 42.2 Å². The number of rotatable bonds is 4. The van der Waals surface area contributed by atoms with Crippen LogP contribution in [0.4, 0.5) is 5.95 Å². The van der Waals surface area contributed by atoms with Crippen molar-refractivity contribution in [2.24, 2.45) is 0 Å². The normalized spacial score (nSPS) is 10.5. The summed E-state index contributed by atoms with van der Waals surface area (Å²) in [5, 5.41) is 8.70. The largest absolute Gasteiger partial charge is 0.497 e. The van der Waals surface area contributed by atoms with Gasteiger partial charge in [0.2, 0.25) is 5.95 Å². The van der Waals surface area contributed by atoms with Crippen molar-refractivity contribution in [1.82, 2.24) is 15.2 Å². The zero-order chi connectivity index (χ0) is 12.8. The summed E-state index contributed by atoms with van der Waals surface area (Å²) in [4.78, 5) is 15.3. The van der Waals surface area contributed by atoms with Gasteiger partial charge in [-0.25, -0.2) is 5.10 Å². The number of hydrogen-bond acceptors (Lipinski definition) is 4. The molecule has 2 N–H and O–H groups in total. The van der Waals surface area contributed by atoms with Gasteiger partial charge in [-0.2, -0.15) is 10.1 Å². The van der Waals surface area contributed by atoms with E-state index in [-0.39, 0.29) is 5.91 Å². The maximum atomic E-state index is 11.5. The van der Waals surface area contributed by atoms with Crippen LogP contribution in [0.15, 0.2) is 36.7 Å². The Kier molecular flexibility index (Phi) is 3.70. The van der Waals surface area contributed by atoms with Crippen LogP contribution >= 0.6 is 0 Å². The molecule has 0 radical (unpaired) electrons. The molecule has 0 atom stereocenters. The summed E-state index contributed by atoms with van der Waals surface area (Å²) in [5.74, 6) is 0.820. The van der Waals surface area contributed by atoms with Crippen LogP contribution in [-0.4, -0.2) is 28.2 Å². The van der Waals surface area contributed by atoms with E-state index in [4.69, 9.17) is 4.74 Å². The van der Waals surface area contributed by atoms with Gasteiger partial charge in [-0.05, 0) is 23.8 Å². The molecule has 0 spiro atoms. The predicted octanol–water partition coefficient (Wildman–Crippen LogP) is 1.47. The lowest BCUT2D eigenvalue weighted by atomic mass is 10.2. The number of carbonyl (C=O) groups excluding carboxylic acids is 1. The highest BCUT2D eigenvalue weighted by molar-refractivity contribution is 6.00. The van der Waals surface area contributed by atoms with Crippen molar-refractivity contribution >= 4 is 17.9 Å². The molecule has 0 saturated carbocycles. The van der Waals surface area contributed by atoms with E-state index in [0.29, 0.717) is 5.95 Å². The summed E-state index contributed by atoms with van der Waals surface area (Å²) in [7, 11) is 1.61.